The molecule has 0 N–H and O–H groups in total. The van der Waals surface area contributed by atoms with Gasteiger partial charge in [0, 0.05) is 42.1 Å². The normalized spacial score (nSPS) is 25.9. The first-order chi connectivity index (χ1) is 15.2. The van der Waals surface area contributed by atoms with Crippen LogP contribution in [0.1, 0.15) is 38.5 Å². The molecule has 1 atom stereocenters. The summed E-state index contributed by atoms with van der Waals surface area (Å²) in [7, 11) is 2.33. The van der Waals surface area contributed by atoms with Crippen molar-refractivity contribution in [2.24, 2.45) is 0 Å². The average Bonchev–Trinajstić information content (AvgIpc) is 3.08. The summed E-state index contributed by atoms with van der Waals surface area (Å²) in [5.41, 5.74) is 6.15. The second-order valence-corrected chi connectivity index (χ2v) is 11.1. The largest absolute Gasteiger partial charge is 0.303 e. The Morgan fingerprint density at radius 3 is 2.84 bits per heavy atom. The molecule has 0 bridgehead atoms. The molecule has 0 saturated carbocycles. The Hall–Kier alpha value is -0.940. The molecule has 1 unspecified atom stereocenters. The van der Waals surface area contributed by atoms with Crippen LogP contribution in [-0.4, -0.2) is 66.8 Å². The second kappa shape index (κ2) is 11.8. The maximum absolute atomic E-state index is 2.73. The van der Waals surface area contributed by atoms with Crippen LogP contribution in [0.25, 0.3) is 0 Å². The number of rotatable bonds is 5. The molecule has 0 amide bonds. The van der Waals surface area contributed by atoms with Crippen molar-refractivity contribution < 1.29 is 0 Å². The van der Waals surface area contributed by atoms with E-state index in [4.69, 9.17) is 0 Å². The van der Waals surface area contributed by atoms with Gasteiger partial charge in [0.2, 0.25) is 0 Å². The van der Waals surface area contributed by atoms with Crippen molar-refractivity contribution in [2.45, 2.75) is 44.6 Å². The highest BCUT2D eigenvalue weighted by Crippen LogP contribution is 2.34. The lowest BCUT2D eigenvalue weighted by molar-refractivity contribution is 0.159. The lowest BCUT2D eigenvalue weighted by atomic mass is 9.99. The standard InChI is InChI=1S/C27H38N2S2/c1-28-16-7-6-10-26(28)15-17-29-18-23-8-4-3-5-9-25(23)21-31-27-14-12-22(20-30-2)11-13-24(27)19-29/h3,5,8-9,12-14,26H,4,6-7,10-11,15-21H2,1-2H3. The summed E-state index contributed by atoms with van der Waals surface area (Å²) in [4.78, 5) is 6.81. The first-order valence-electron chi connectivity index (χ1n) is 11.9. The summed E-state index contributed by atoms with van der Waals surface area (Å²) in [5, 5.41) is 0. The third-order valence-corrected chi connectivity index (χ3v) is 8.77. The van der Waals surface area contributed by atoms with E-state index in [1.807, 2.05) is 23.5 Å². The Balaban J connectivity index is 1.55. The Labute approximate surface area is 198 Å². The maximum Gasteiger partial charge on any atom is 0.0245 e. The summed E-state index contributed by atoms with van der Waals surface area (Å²) in [6.45, 7) is 4.62. The van der Waals surface area contributed by atoms with Crippen LogP contribution < -0.4 is 0 Å². The van der Waals surface area contributed by atoms with Gasteiger partial charge in [-0.05, 0) is 74.7 Å². The highest BCUT2D eigenvalue weighted by Gasteiger charge is 2.23. The Morgan fingerprint density at radius 2 is 1.97 bits per heavy atom. The predicted molar refractivity (Wildman–Crippen MR) is 141 cm³/mol. The third kappa shape index (κ3) is 6.54. The third-order valence-electron chi connectivity index (χ3n) is 6.94. The minimum atomic E-state index is 0.753. The van der Waals surface area contributed by atoms with Crippen LogP contribution in [0.15, 0.2) is 69.7 Å². The molecular formula is C27H38N2S2. The minimum absolute atomic E-state index is 0.753. The van der Waals surface area contributed by atoms with Gasteiger partial charge in [0.15, 0.2) is 0 Å². The summed E-state index contributed by atoms with van der Waals surface area (Å²) in [6, 6.07) is 0.753. The number of allylic oxidation sites excluding steroid dienone is 7. The molecular weight excluding hydrogens is 416 g/mol. The van der Waals surface area contributed by atoms with Gasteiger partial charge in [-0.1, -0.05) is 48.5 Å². The Kier molecular flexibility index (Phi) is 8.83. The van der Waals surface area contributed by atoms with Crippen LogP contribution in [0.5, 0.6) is 0 Å². The number of nitrogens with zero attached hydrogens (tertiary/aromatic N) is 2. The fourth-order valence-corrected chi connectivity index (χ4v) is 6.68. The number of thioether (sulfide) groups is 2. The molecule has 2 nitrogen and oxygen atoms in total. The molecule has 0 aromatic heterocycles. The van der Waals surface area contributed by atoms with Crippen LogP contribution in [0, 0.1) is 0 Å². The van der Waals surface area contributed by atoms with E-state index in [9.17, 15) is 0 Å². The van der Waals surface area contributed by atoms with Gasteiger partial charge >= 0.3 is 0 Å². The topological polar surface area (TPSA) is 6.48 Å². The molecule has 4 aliphatic rings. The van der Waals surface area contributed by atoms with E-state index in [0.717, 1.165) is 43.5 Å². The number of likely N-dealkylation sites (tertiary alicyclic amines) is 1. The van der Waals surface area contributed by atoms with Crippen molar-refractivity contribution in [1.82, 2.24) is 9.80 Å². The van der Waals surface area contributed by atoms with Gasteiger partial charge in [-0.15, -0.1) is 11.8 Å². The van der Waals surface area contributed by atoms with Crippen molar-refractivity contribution in [3.63, 3.8) is 0 Å². The van der Waals surface area contributed by atoms with Crippen molar-refractivity contribution >= 4 is 23.5 Å². The lowest BCUT2D eigenvalue weighted by Crippen LogP contribution is -2.39. The lowest BCUT2D eigenvalue weighted by Gasteiger charge is -2.34. The van der Waals surface area contributed by atoms with E-state index >= 15 is 0 Å². The molecule has 2 aliphatic carbocycles. The summed E-state index contributed by atoms with van der Waals surface area (Å²) >= 11 is 3.97. The molecule has 0 aromatic carbocycles. The highest BCUT2D eigenvalue weighted by atomic mass is 32.2. The minimum Gasteiger partial charge on any atom is -0.303 e. The molecule has 2 saturated heterocycles. The van der Waals surface area contributed by atoms with Crippen molar-refractivity contribution in [3.05, 3.63) is 69.7 Å². The van der Waals surface area contributed by atoms with E-state index < -0.39 is 0 Å². The molecule has 2 heterocycles. The van der Waals surface area contributed by atoms with Crippen LogP contribution in [0.4, 0.5) is 0 Å². The van der Waals surface area contributed by atoms with Gasteiger partial charge in [0.1, 0.15) is 0 Å². The Bertz CT molecular complexity index is 815. The first-order valence-corrected chi connectivity index (χ1v) is 14.3. The number of piperidine rings is 1. The van der Waals surface area contributed by atoms with E-state index in [-0.39, 0.29) is 0 Å². The molecule has 2 aliphatic heterocycles. The quantitative estimate of drug-likeness (QED) is 0.486. The van der Waals surface area contributed by atoms with E-state index in [2.05, 4.69) is 65.6 Å². The fourth-order valence-electron chi connectivity index (χ4n) is 5.01. The number of hydrogen-bond acceptors (Lipinski definition) is 4. The average molecular weight is 455 g/mol. The van der Waals surface area contributed by atoms with Gasteiger partial charge in [0.25, 0.3) is 0 Å². The molecule has 2 fully saturated rings. The first kappa shape index (κ1) is 23.2. The van der Waals surface area contributed by atoms with E-state index in [0.29, 0.717) is 0 Å². The molecule has 0 spiro atoms. The van der Waals surface area contributed by atoms with Crippen molar-refractivity contribution in [2.75, 3.05) is 51.0 Å². The zero-order valence-corrected chi connectivity index (χ0v) is 20.9. The summed E-state index contributed by atoms with van der Waals surface area (Å²) < 4.78 is 0. The van der Waals surface area contributed by atoms with Gasteiger partial charge in [-0.25, -0.2) is 0 Å². The smallest absolute Gasteiger partial charge is 0.0245 e. The van der Waals surface area contributed by atoms with Gasteiger partial charge in [-0.3, -0.25) is 4.90 Å². The maximum atomic E-state index is 2.73. The van der Waals surface area contributed by atoms with Crippen LogP contribution >= 0.6 is 23.5 Å². The second-order valence-electron chi connectivity index (χ2n) is 9.23. The van der Waals surface area contributed by atoms with E-state index in [1.165, 1.54) is 49.3 Å². The molecule has 4 heteroatoms. The van der Waals surface area contributed by atoms with E-state index in [1.54, 1.807) is 16.7 Å². The van der Waals surface area contributed by atoms with Gasteiger partial charge in [0.05, 0.1) is 0 Å². The fraction of sp³-hybridized carbons (Fsp3) is 0.556. The number of fused-ring (bicyclic) bond motifs is 2. The SMILES string of the molecule is CSCC1=CC=C2SCC3=CC=CCC=C3CN(CCC3CCCCN3C)CC2=CC1. The summed E-state index contributed by atoms with van der Waals surface area (Å²) in [6.07, 6.45) is 26.5. The number of hydrogen-bond donors (Lipinski definition) is 0. The molecule has 31 heavy (non-hydrogen) atoms. The van der Waals surface area contributed by atoms with Crippen molar-refractivity contribution in [1.29, 1.82) is 0 Å². The zero-order chi connectivity index (χ0) is 21.5. The molecule has 0 radical (unpaired) electrons. The van der Waals surface area contributed by atoms with Gasteiger partial charge < -0.3 is 4.90 Å². The molecule has 168 valence electrons. The molecule has 4 rings (SSSR count). The van der Waals surface area contributed by atoms with Crippen molar-refractivity contribution in [3.8, 4) is 0 Å². The molecule has 0 aromatic rings. The van der Waals surface area contributed by atoms with Crippen LogP contribution in [0.3, 0.4) is 0 Å². The van der Waals surface area contributed by atoms with Crippen LogP contribution in [-0.2, 0) is 0 Å². The Morgan fingerprint density at radius 1 is 1.06 bits per heavy atom. The predicted octanol–water partition coefficient (Wildman–Crippen LogP) is 6.23. The van der Waals surface area contributed by atoms with Crippen LogP contribution in [0.2, 0.25) is 0 Å². The monoisotopic (exact) mass is 454 g/mol. The zero-order valence-electron chi connectivity index (χ0n) is 19.3. The summed E-state index contributed by atoms with van der Waals surface area (Å²) in [5.74, 6) is 2.21. The highest BCUT2D eigenvalue weighted by molar-refractivity contribution is 8.03. The van der Waals surface area contributed by atoms with Gasteiger partial charge in [-0.2, -0.15) is 11.8 Å².